The highest BCUT2D eigenvalue weighted by molar-refractivity contribution is 7.86. The average Bonchev–Trinajstić information content (AvgIpc) is 2.03. The summed E-state index contributed by atoms with van der Waals surface area (Å²) in [5.74, 6) is 2.47. The molecule has 0 radical (unpaired) electrons. The van der Waals surface area contributed by atoms with E-state index < -0.39 is 15.7 Å². The molecule has 0 spiro atoms. The SMILES string of the molecule is C#CC1(OS(C)(=O)=O)CCCCC1. The number of terminal acetylenes is 1. The van der Waals surface area contributed by atoms with Crippen molar-refractivity contribution in [2.75, 3.05) is 6.26 Å². The van der Waals surface area contributed by atoms with Crippen LogP contribution in [0.5, 0.6) is 0 Å². The fraction of sp³-hybridized carbons (Fsp3) is 0.778. The van der Waals surface area contributed by atoms with E-state index in [4.69, 9.17) is 10.6 Å². The Kier molecular flexibility index (Phi) is 2.99. The second-order valence-electron chi connectivity index (χ2n) is 3.49. The van der Waals surface area contributed by atoms with Crippen molar-refractivity contribution in [3.63, 3.8) is 0 Å². The van der Waals surface area contributed by atoms with E-state index in [1.54, 1.807) is 0 Å². The van der Waals surface area contributed by atoms with E-state index in [1.807, 2.05) is 0 Å². The van der Waals surface area contributed by atoms with Crippen LogP contribution in [0.3, 0.4) is 0 Å². The normalized spacial score (nSPS) is 22.2. The van der Waals surface area contributed by atoms with Crippen LogP contribution in [0.25, 0.3) is 0 Å². The highest BCUT2D eigenvalue weighted by Crippen LogP contribution is 2.32. The summed E-state index contributed by atoms with van der Waals surface area (Å²) in [4.78, 5) is 0. The molecule has 13 heavy (non-hydrogen) atoms. The molecule has 0 bridgehead atoms. The van der Waals surface area contributed by atoms with Crippen LogP contribution in [-0.2, 0) is 14.3 Å². The topological polar surface area (TPSA) is 43.4 Å². The molecule has 0 aromatic heterocycles. The minimum Gasteiger partial charge on any atom is -0.251 e. The largest absolute Gasteiger partial charge is 0.265 e. The van der Waals surface area contributed by atoms with Crippen LogP contribution in [-0.4, -0.2) is 20.3 Å². The van der Waals surface area contributed by atoms with Gasteiger partial charge in [-0.25, -0.2) is 0 Å². The highest BCUT2D eigenvalue weighted by atomic mass is 32.2. The Bertz CT molecular complexity index is 304. The first-order chi connectivity index (χ1) is 5.97. The number of hydrogen-bond donors (Lipinski definition) is 0. The van der Waals surface area contributed by atoms with E-state index in [0.29, 0.717) is 12.8 Å². The van der Waals surface area contributed by atoms with Gasteiger partial charge in [0.25, 0.3) is 10.1 Å². The van der Waals surface area contributed by atoms with E-state index in [9.17, 15) is 8.42 Å². The summed E-state index contributed by atoms with van der Waals surface area (Å²) >= 11 is 0. The monoisotopic (exact) mass is 202 g/mol. The van der Waals surface area contributed by atoms with Gasteiger partial charge in [0.1, 0.15) is 5.60 Å². The third kappa shape index (κ3) is 3.02. The molecule has 0 N–H and O–H groups in total. The number of hydrogen-bond acceptors (Lipinski definition) is 3. The van der Waals surface area contributed by atoms with Crippen molar-refractivity contribution in [3.05, 3.63) is 0 Å². The Morgan fingerprint density at radius 3 is 2.23 bits per heavy atom. The first kappa shape index (κ1) is 10.6. The van der Waals surface area contributed by atoms with Gasteiger partial charge in [0, 0.05) is 0 Å². The van der Waals surface area contributed by atoms with Crippen LogP contribution >= 0.6 is 0 Å². The molecule has 0 amide bonds. The maximum absolute atomic E-state index is 10.9. The Morgan fingerprint density at radius 2 is 1.85 bits per heavy atom. The smallest absolute Gasteiger partial charge is 0.251 e. The minimum atomic E-state index is -3.44. The molecular weight excluding hydrogens is 188 g/mol. The van der Waals surface area contributed by atoms with Gasteiger partial charge in [-0.1, -0.05) is 12.3 Å². The van der Waals surface area contributed by atoms with Crippen LogP contribution < -0.4 is 0 Å². The van der Waals surface area contributed by atoms with Crippen molar-refractivity contribution in [2.24, 2.45) is 0 Å². The Labute approximate surface area is 79.6 Å². The molecule has 0 aromatic rings. The van der Waals surface area contributed by atoms with Gasteiger partial charge in [0.2, 0.25) is 0 Å². The molecule has 1 rings (SSSR count). The molecular formula is C9H14O3S. The second kappa shape index (κ2) is 3.69. The Morgan fingerprint density at radius 1 is 1.31 bits per heavy atom. The molecule has 1 aliphatic rings. The van der Waals surface area contributed by atoms with Gasteiger partial charge in [-0.05, 0) is 25.7 Å². The molecule has 3 nitrogen and oxygen atoms in total. The van der Waals surface area contributed by atoms with Crippen LogP contribution in [0.2, 0.25) is 0 Å². The maximum atomic E-state index is 10.9. The lowest BCUT2D eigenvalue weighted by Gasteiger charge is -2.30. The molecule has 0 aromatic carbocycles. The molecule has 74 valence electrons. The van der Waals surface area contributed by atoms with Crippen LogP contribution in [0.15, 0.2) is 0 Å². The maximum Gasteiger partial charge on any atom is 0.265 e. The predicted molar refractivity (Wildman–Crippen MR) is 50.6 cm³/mol. The first-order valence-corrected chi connectivity index (χ1v) is 6.17. The lowest BCUT2D eigenvalue weighted by atomic mass is 9.86. The summed E-state index contributed by atoms with van der Waals surface area (Å²) in [5.41, 5.74) is -0.855. The molecule has 0 aliphatic heterocycles. The van der Waals surface area contributed by atoms with Crippen LogP contribution in [0, 0.1) is 12.3 Å². The van der Waals surface area contributed by atoms with Crippen molar-refractivity contribution >= 4 is 10.1 Å². The third-order valence-electron chi connectivity index (χ3n) is 2.24. The molecule has 0 saturated heterocycles. The van der Waals surface area contributed by atoms with Crippen molar-refractivity contribution < 1.29 is 12.6 Å². The van der Waals surface area contributed by atoms with Gasteiger partial charge in [-0.15, -0.1) is 6.42 Å². The van der Waals surface area contributed by atoms with Gasteiger partial charge >= 0.3 is 0 Å². The molecule has 1 saturated carbocycles. The third-order valence-corrected chi connectivity index (χ3v) is 2.86. The second-order valence-corrected chi connectivity index (χ2v) is 5.06. The zero-order valence-electron chi connectivity index (χ0n) is 7.75. The van der Waals surface area contributed by atoms with Crippen molar-refractivity contribution in [1.29, 1.82) is 0 Å². The average molecular weight is 202 g/mol. The standard InChI is InChI=1S/C9H14O3S/c1-3-9(12-13(2,10)11)7-5-4-6-8-9/h1H,4-8H2,2H3. The highest BCUT2D eigenvalue weighted by Gasteiger charge is 2.34. The summed E-state index contributed by atoms with van der Waals surface area (Å²) in [6.45, 7) is 0. The molecule has 0 atom stereocenters. The van der Waals surface area contributed by atoms with Gasteiger partial charge in [-0.2, -0.15) is 8.42 Å². The lowest BCUT2D eigenvalue weighted by Crippen LogP contribution is -2.35. The van der Waals surface area contributed by atoms with Crippen LogP contribution in [0.4, 0.5) is 0 Å². The quantitative estimate of drug-likeness (QED) is 0.500. The molecule has 1 fully saturated rings. The van der Waals surface area contributed by atoms with E-state index in [2.05, 4.69) is 5.92 Å². The van der Waals surface area contributed by atoms with Gasteiger partial charge in [0.05, 0.1) is 6.26 Å². The van der Waals surface area contributed by atoms with Gasteiger partial charge in [-0.3, -0.25) is 4.18 Å². The summed E-state index contributed by atoms with van der Waals surface area (Å²) in [5, 5.41) is 0. The zero-order valence-corrected chi connectivity index (χ0v) is 8.56. The summed E-state index contributed by atoms with van der Waals surface area (Å²) < 4.78 is 26.8. The molecule has 0 unspecified atom stereocenters. The molecule has 4 heteroatoms. The first-order valence-electron chi connectivity index (χ1n) is 4.36. The summed E-state index contributed by atoms with van der Waals surface area (Å²) in [6, 6.07) is 0. The summed E-state index contributed by atoms with van der Waals surface area (Å²) in [6.07, 6.45) is 10.6. The predicted octanol–water partition coefficient (Wildman–Crippen LogP) is 1.30. The Balaban J connectivity index is 2.76. The molecule has 1 aliphatic carbocycles. The van der Waals surface area contributed by atoms with E-state index >= 15 is 0 Å². The fourth-order valence-electron chi connectivity index (χ4n) is 1.66. The van der Waals surface area contributed by atoms with E-state index in [1.165, 1.54) is 0 Å². The van der Waals surface area contributed by atoms with Crippen molar-refractivity contribution in [3.8, 4) is 12.3 Å². The Hall–Kier alpha value is -0.530. The van der Waals surface area contributed by atoms with Crippen molar-refractivity contribution in [1.82, 2.24) is 0 Å². The van der Waals surface area contributed by atoms with Crippen molar-refractivity contribution in [2.45, 2.75) is 37.7 Å². The van der Waals surface area contributed by atoms with E-state index in [0.717, 1.165) is 25.5 Å². The van der Waals surface area contributed by atoms with Gasteiger partial charge in [0.15, 0.2) is 0 Å². The lowest BCUT2D eigenvalue weighted by molar-refractivity contribution is 0.0959. The van der Waals surface area contributed by atoms with Crippen LogP contribution in [0.1, 0.15) is 32.1 Å². The molecule has 0 heterocycles. The van der Waals surface area contributed by atoms with E-state index in [-0.39, 0.29) is 0 Å². The minimum absolute atomic E-state index is 0.649. The number of rotatable bonds is 2. The fourth-order valence-corrected chi connectivity index (χ4v) is 2.46. The zero-order chi connectivity index (χ0) is 9.95. The van der Waals surface area contributed by atoms with Gasteiger partial charge < -0.3 is 0 Å². The summed E-state index contributed by atoms with van der Waals surface area (Å²) in [7, 11) is -3.44.